The Morgan fingerprint density at radius 1 is 1.07 bits per heavy atom. The number of halogens is 4. The summed E-state index contributed by atoms with van der Waals surface area (Å²) >= 11 is 12.2. The maximum absolute atomic E-state index is 15.7. The summed E-state index contributed by atoms with van der Waals surface area (Å²) in [6.07, 6.45) is 3.05. The van der Waals surface area contributed by atoms with E-state index >= 15 is 4.39 Å². The van der Waals surface area contributed by atoms with Crippen LogP contribution >= 0.6 is 23.2 Å². The normalized spacial score (nSPS) is 24.4. The van der Waals surface area contributed by atoms with Gasteiger partial charge in [0, 0.05) is 36.1 Å². The number of fused-ring (bicyclic) bond motifs is 2. The number of carbonyl (C=O) groups is 2. The van der Waals surface area contributed by atoms with Crippen LogP contribution in [0.4, 0.5) is 14.5 Å². The first-order chi connectivity index (χ1) is 18.6. The average molecular weight is 616 g/mol. The Labute approximate surface area is 244 Å². The van der Waals surface area contributed by atoms with Crippen molar-refractivity contribution in [2.45, 2.75) is 76.3 Å². The van der Waals surface area contributed by atoms with Crippen LogP contribution in [0.25, 0.3) is 0 Å². The van der Waals surface area contributed by atoms with E-state index in [-0.39, 0.29) is 39.0 Å². The van der Waals surface area contributed by atoms with Gasteiger partial charge >= 0.3 is 0 Å². The molecule has 0 aromatic heterocycles. The van der Waals surface area contributed by atoms with Crippen LogP contribution < -0.4 is 10.6 Å². The smallest absolute Gasteiger partial charge is 0.237 e. The number of benzene rings is 2. The zero-order chi connectivity index (χ0) is 29.6. The third kappa shape index (κ3) is 5.94. The van der Waals surface area contributed by atoms with Crippen LogP contribution in [0, 0.1) is 17.0 Å². The van der Waals surface area contributed by atoms with Gasteiger partial charge in [-0.25, -0.2) is 17.2 Å². The summed E-state index contributed by atoms with van der Waals surface area (Å²) in [5.41, 5.74) is -1.13. The minimum absolute atomic E-state index is 0.0288. The SMILES string of the molecule is CC(C)(C)C[C@H]1N[C@@H](C(=O)CCCCCS(C)(=O)=O)[C@H](c2cccc(Cl)c2F)[C@@]12C(=O)Nc1cc(Cl)c(F)cc12. The molecule has 1 spiro atoms. The molecular formula is C29H34Cl2F2N2O4S. The summed E-state index contributed by atoms with van der Waals surface area (Å²) < 4.78 is 53.6. The zero-order valence-electron chi connectivity index (χ0n) is 22.9. The fourth-order valence-corrected chi connectivity index (χ4v) is 7.29. The maximum atomic E-state index is 15.7. The molecular weight excluding hydrogens is 581 g/mol. The molecule has 2 N–H and O–H groups in total. The Bertz CT molecular complexity index is 1440. The van der Waals surface area contributed by atoms with Gasteiger partial charge in [0.2, 0.25) is 5.91 Å². The molecule has 0 saturated carbocycles. The van der Waals surface area contributed by atoms with E-state index < -0.39 is 50.8 Å². The number of rotatable bonds is 9. The van der Waals surface area contributed by atoms with Crippen molar-refractivity contribution in [1.29, 1.82) is 0 Å². The number of anilines is 1. The second-order valence-corrected chi connectivity index (χ2v) is 15.2. The number of hydrogen-bond acceptors (Lipinski definition) is 5. The van der Waals surface area contributed by atoms with E-state index in [1.807, 2.05) is 20.8 Å². The number of unbranched alkanes of at least 4 members (excludes halogenated alkanes) is 2. The van der Waals surface area contributed by atoms with Gasteiger partial charge < -0.3 is 10.6 Å². The lowest BCUT2D eigenvalue weighted by molar-refractivity contribution is -0.122. The number of nitrogens with one attached hydrogen (secondary N) is 2. The van der Waals surface area contributed by atoms with Crippen molar-refractivity contribution in [2.75, 3.05) is 17.3 Å². The Morgan fingerprint density at radius 2 is 1.77 bits per heavy atom. The Kier molecular flexibility index (Phi) is 8.73. The van der Waals surface area contributed by atoms with Crippen LogP contribution in [0.5, 0.6) is 0 Å². The van der Waals surface area contributed by atoms with E-state index in [2.05, 4.69) is 10.6 Å². The minimum atomic E-state index is -3.11. The maximum Gasteiger partial charge on any atom is 0.237 e. The molecule has 2 aromatic rings. The predicted molar refractivity (Wildman–Crippen MR) is 154 cm³/mol. The number of sulfone groups is 1. The lowest BCUT2D eigenvalue weighted by Crippen LogP contribution is -2.49. The standard InChI is InChI=1S/C29H34Cl2F2N2O4S/c1-28(2,3)15-23-29(17-13-20(32)19(31)14-21(17)34-27(29)37)24(16-9-8-10-18(30)25(16)33)26(35-23)22(36)11-6-5-7-12-40(4,38)39/h8-10,13-14,23-24,26,35H,5-7,11-12,15H2,1-4H3,(H,34,37)/t23-,24+,26+,29+/m1/s1. The van der Waals surface area contributed by atoms with Crippen molar-refractivity contribution in [2.24, 2.45) is 5.41 Å². The Balaban J connectivity index is 1.84. The molecule has 4 rings (SSSR count). The lowest BCUT2D eigenvalue weighted by atomic mass is 9.62. The van der Waals surface area contributed by atoms with Gasteiger partial charge in [-0.1, -0.05) is 62.5 Å². The summed E-state index contributed by atoms with van der Waals surface area (Å²) in [6, 6.07) is 5.38. The number of ketones is 1. The van der Waals surface area contributed by atoms with Crippen molar-refractivity contribution in [1.82, 2.24) is 5.32 Å². The average Bonchev–Trinajstić information content (AvgIpc) is 3.29. The first-order valence-corrected chi connectivity index (χ1v) is 16.1. The highest BCUT2D eigenvalue weighted by atomic mass is 35.5. The van der Waals surface area contributed by atoms with Crippen molar-refractivity contribution >= 4 is 50.4 Å². The molecule has 2 aliphatic heterocycles. The second kappa shape index (κ2) is 11.3. The van der Waals surface area contributed by atoms with Crippen LogP contribution in [0.2, 0.25) is 10.0 Å². The van der Waals surface area contributed by atoms with Crippen LogP contribution in [0.3, 0.4) is 0 Å². The van der Waals surface area contributed by atoms with Crippen molar-refractivity contribution < 1.29 is 26.8 Å². The van der Waals surface area contributed by atoms with Gasteiger partial charge in [-0.05, 0) is 54.0 Å². The summed E-state index contributed by atoms with van der Waals surface area (Å²) in [7, 11) is -3.11. The highest BCUT2D eigenvalue weighted by Gasteiger charge is 2.66. The molecule has 0 aliphatic carbocycles. The van der Waals surface area contributed by atoms with E-state index in [9.17, 15) is 22.4 Å². The van der Waals surface area contributed by atoms with Crippen molar-refractivity contribution in [3.05, 3.63) is 63.1 Å². The zero-order valence-corrected chi connectivity index (χ0v) is 25.2. The molecule has 40 heavy (non-hydrogen) atoms. The molecule has 1 saturated heterocycles. The van der Waals surface area contributed by atoms with Crippen molar-refractivity contribution in [3.8, 4) is 0 Å². The van der Waals surface area contributed by atoms with Gasteiger partial charge in [-0.15, -0.1) is 0 Å². The molecule has 6 nitrogen and oxygen atoms in total. The topological polar surface area (TPSA) is 92.3 Å². The first-order valence-electron chi connectivity index (χ1n) is 13.3. The number of carbonyl (C=O) groups excluding carboxylic acids is 2. The molecule has 0 radical (unpaired) electrons. The number of amides is 1. The fourth-order valence-electron chi connectivity index (χ4n) is 6.21. The van der Waals surface area contributed by atoms with E-state index in [4.69, 9.17) is 23.2 Å². The third-order valence-corrected chi connectivity index (χ3v) is 9.41. The fraction of sp³-hybridized carbons (Fsp3) is 0.517. The van der Waals surface area contributed by atoms with E-state index in [1.165, 1.54) is 30.5 Å². The quantitative estimate of drug-likeness (QED) is 0.328. The monoisotopic (exact) mass is 614 g/mol. The summed E-state index contributed by atoms with van der Waals surface area (Å²) in [5.74, 6) is -3.19. The molecule has 1 fully saturated rings. The second-order valence-electron chi connectivity index (χ2n) is 12.1. The summed E-state index contributed by atoms with van der Waals surface area (Å²) in [4.78, 5) is 27.9. The number of Topliss-reactive ketones (excluding diaryl/α,β-unsaturated/α-hetero) is 1. The molecule has 2 heterocycles. The van der Waals surface area contributed by atoms with Crippen LogP contribution in [-0.2, 0) is 24.8 Å². The van der Waals surface area contributed by atoms with Gasteiger partial charge in [0.25, 0.3) is 0 Å². The largest absolute Gasteiger partial charge is 0.325 e. The highest BCUT2D eigenvalue weighted by molar-refractivity contribution is 7.90. The molecule has 11 heteroatoms. The van der Waals surface area contributed by atoms with Gasteiger partial charge in [-0.2, -0.15) is 0 Å². The molecule has 0 unspecified atom stereocenters. The molecule has 4 atom stereocenters. The minimum Gasteiger partial charge on any atom is -0.325 e. The van der Waals surface area contributed by atoms with Crippen LogP contribution in [0.1, 0.15) is 69.9 Å². The Hall–Kier alpha value is -2.07. The molecule has 218 valence electrons. The van der Waals surface area contributed by atoms with Gasteiger partial charge in [0.05, 0.1) is 16.1 Å². The van der Waals surface area contributed by atoms with E-state index in [0.717, 1.165) is 0 Å². The molecule has 1 amide bonds. The Morgan fingerprint density at radius 3 is 2.42 bits per heavy atom. The lowest BCUT2D eigenvalue weighted by Gasteiger charge is -2.37. The molecule has 2 aromatic carbocycles. The van der Waals surface area contributed by atoms with Gasteiger partial charge in [0.15, 0.2) is 0 Å². The van der Waals surface area contributed by atoms with Crippen molar-refractivity contribution in [3.63, 3.8) is 0 Å². The summed E-state index contributed by atoms with van der Waals surface area (Å²) in [5, 5.41) is 5.88. The third-order valence-electron chi connectivity index (χ3n) is 7.80. The van der Waals surface area contributed by atoms with E-state index in [1.54, 1.807) is 6.07 Å². The van der Waals surface area contributed by atoms with Gasteiger partial charge in [0.1, 0.15) is 32.7 Å². The van der Waals surface area contributed by atoms with Crippen LogP contribution in [-0.4, -0.2) is 44.2 Å². The van der Waals surface area contributed by atoms with Gasteiger partial charge in [-0.3, -0.25) is 9.59 Å². The molecule has 2 aliphatic rings. The molecule has 0 bridgehead atoms. The highest BCUT2D eigenvalue weighted by Crippen LogP contribution is 2.57. The predicted octanol–water partition coefficient (Wildman–Crippen LogP) is 6.20. The first kappa shape index (κ1) is 30.9. The van der Waals surface area contributed by atoms with E-state index in [0.29, 0.717) is 36.9 Å². The summed E-state index contributed by atoms with van der Waals surface area (Å²) in [6.45, 7) is 5.97. The van der Waals surface area contributed by atoms with Crippen LogP contribution in [0.15, 0.2) is 30.3 Å². The number of hydrogen-bond donors (Lipinski definition) is 2.